The van der Waals surface area contributed by atoms with Gasteiger partial charge in [0.05, 0.1) is 5.38 Å². The molecule has 0 fully saturated rings. The smallest absolute Gasteiger partial charge is 0.0867 e. The minimum Gasteiger partial charge on any atom is -0.112 e. The lowest BCUT2D eigenvalue weighted by Gasteiger charge is -2.17. The van der Waals surface area contributed by atoms with Crippen molar-refractivity contribution >= 4 is 46.4 Å². The molecule has 0 nitrogen and oxygen atoms in total. The normalized spacial score (nSPS) is 12.5. The Morgan fingerprint density at radius 3 is 2.00 bits per heavy atom. The molecule has 1 unspecified atom stereocenters. The van der Waals surface area contributed by atoms with Gasteiger partial charge in [-0.05, 0) is 48.7 Å². The van der Waals surface area contributed by atoms with E-state index in [1.54, 1.807) is 18.2 Å². The lowest BCUT2D eigenvalue weighted by Crippen LogP contribution is -1.99. The molecule has 2 aromatic carbocycles. The first-order chi connectivity index (χ1) is 8.91. The van der Waals surface area contributed by atoms with Gasteiger partial charge in [0.25, 0.3) is 0 Å². The van der Waals surface area contributed by atoms with Gasteiger partial charge in [0.15, 0.2) is 0 Å². The van der Waals surface area contributed by atoms with E-state index in [9.17, 15) is 0 Å². The fourth-order valence-corrected chi connectivity index (χ4v) is 3.40. The van der Waals surface area contributed by atoms with Crippen LogP contribution in [-0.4, -0.2) is 0 Å². The van der Waals surface area contributed by atoms with Gasteiger partial charge in [0.1, 0.15) is 0 Å². The molecule has 1 atom stereocenters. The van der Waals surface area contributed by atoms with Crippen molar-refractivity contribution in [2.24, 2.45) is 0 Å². The van der Waals surface area contributed by atoms with Crippen LogP contribution >= 0.6 is 46.4 Å². The lowest BCUT2D eigenvalue weighted by atomic mass is 9.98. The summed E-state index contributed by atoms with van der Waals surface area (Å²) in [7, 11) is 0. The summed E-state index contributed by atoms with van der Waals surface area (Å²) in [5, 5.41) is 1.48. The van der Waals surface area contributed by atoms with Gasteiger partial charge in [-0.25, -0.2) is 0 Å². The monoisotopic (exact) mass is 332 g/mol. The first kappa shape index (κ1) is 15.0. The highest BCUT2D eigenvalue weighted by molar-refractivity contribution is 6.38. The van der Waals surface area contributed by atoms with E-state index >= 15 is 0 Å². The minimum absolute atomic E-state index is 0.392. The van der Waals surface area contributed by atoms with Crippen molar-refractivity contribution < 1.29 is 0 Å². The Kier molecular flexibility index (Phi) is 4.68. The zero-order chi connectivity index (χ0) is 14.2. The number of hydrogen-bond donors (Lipinski definition) is 0. The molecular weight excluding hydrogens is 322 g/mol. The van der Waals surface area contributed by atoms with Crippen molar-refractivity contribution in [3.05, 3.63) is 67.7 Å². The molecule has 0 radical (unpaired) electrons. The van der Waals surface area contributed by atoms with Crippen molar-refractivity contribution in [2.75, 3.05) is 0 Å². The topological polar surface area (TPSA) is 0 Å². The van der Waals surface area contributed by atoms with Crippen LogP contribution in [0.25, 0.3) is 0 Å². The summed E-state index contributed by atoms with van der Waals surface area (Å²) >= 11 is 25.1. The van der Waals surface area contributed by atoms with Gasteiger partial charge in [0.2, 0.25) is 0 Å². The maximum Gasteiger partial charge on any atom is 0.0867 e. The van der Waals surface area contributed by atoms with Crippen LogP contribution in [0.4, 0.5) is 0 Å². The zero-order valence-corrected chi connectivity index (χ0v) is 13.5. The van der Waals surface area contributed by atoms with Crippen LogP contribution in [0, 0.1) is 13.8 Å². The average molecular weight is 334 g/mol. The first-order valence-corrected chi connectivity index (χ1v) is 7.33. The van der Waals surface area contributed by atoms with Gasteiger partial charge in [-0.15, -0.1) is 11.6 Å². The van der Waals surface area contributed by atoms with E-state index in [4.69, 9.17) is 46.4 Å². The second-order valence-electron chi connectivity index (χ2n) is 4.46. The molecule has 4 heteroatoms. The first-order valence-electron chi connectivity index (χ1n) is 5.76. The van der Waals surface area contributed by atoms with Gasteiger partial charge in [0, 0.05) is 20.6 Å². The summed E-state index contributed by atoms with van der Waals surface area (Å²) in [6.07, 6.45) is 0. The van der Waals surface area contributed by atoms with E-state index in [2.05, 4.69) is 0 Å². The molecule has 0 spiro atoms. The molecule has 0 aliphatic rings. The molecule has 0 aromatic heterocycles. The highest BCUT2D eigenvalue weighted by Gasteiger charge is 2.20. The number of aryl methyl sites for hydroxylation is 2. The molecule has 2 aromatic rings. The lowest BCUT2D eigenvalue weighted by molar-refractivity contribution is 1.10. The summed E-state index contributed by atoms with van der Waals surface area (Å²) < 4.78 is 0. The molecule has 0 saturated carbocycles. The summed E-state index contributed by atoms with van der Waals surface area (Å²) in [4.78, 5) is 0. The van der Waals surface area contributed by atoms with E-state index in [-0.39, 0.29) is 0 Å². The molecule has 0 heterocycles. The molecule has 0 aliphatic carbocycles. The van der Waals surface area contributed by atoms with Crippen molar-refractivity contribution in [1.82, 2.24) is 0 Å². The van der Waals surface area contributed by atoms with E-state index < -0.39 is 5.38 Å². The number of rotatable bonds is 2. The van der Waals surface area contributed by atoms with Crippen molar-refractivity contribution in [3.63, 3.8) is 0 Å². The van der Waals surface area contributed by atoms with Crippen LogP contribution in [0.5, 0.6) is 0 Å². The Morgan fingerprint density at radius 2 is 1.42 bits per heavy atom. The molecule has 0 saturated heterocycles. The second kappa shape index (κ2) is 5.93. The average Bonchev–Trinajstić information content (AvgIpc) is 2.33. The van der Waals surface area contributed by atoms with Crippen LogP contribution in [0.2, 0.25) is 15.1 Å². The molecule has 100 valence electrons. The van der Waals surface area contributed by atoms with E-state index in [1.165, 1.54) is 0 Å². The largest absolute Gasteiger partial charge is 0.112 e. The van der Waals surface area contributed by atoms with Gasteiger partial charge in [-0.1, -0.05) is 46.9 Å². The summed E-state index contributed by atoms with van der Waals surface area (Å²) in [6, 6.07) is 9.27. The van der Waals surface area contributed by atoms with E-state index in [0.29, 0.717) is 10.0 Å². The molecule has 0 aliphatic heterocycles. The van der Waals surface area contributed by atoms with Crippen molar-refractivity contribution in [3.8, 4) is 0 Å². The van der Waals surface area contributed by atoms with E-state index in [0.717, 1.165) is 27.3 Å². The Bertz CT molecular complexity index is 600. The van der Waals surface area contributed by atoms with Crippen LogP contribution in [0.3, 0.4) is 0 Å². The quantitative estimate of drug-likeness (QED) is 0.543. The van der Waals surface area contributed by atoms with Crippen molar-refractivity contribution in [2.45, 2.75) is 19.2 Å². The van der Waals surface area contributed by atoms with Gasteiger partial charge >= 0.3 is 0 Å². The molecule has 0 N–H and O–H groups in total. The van der Waals surface area contributed by atoms with Crippen LogP contribution < -0.4 is 0 Å². The Hall–Kier alpha value is -0.400. The number of alkyl halides is 1. The molecule has 0 bridgehead atoms. The maximum absolute atomic E-state index is 6.56. The van der Waals surface area contributed by atoms with E-state index in [1.807, 2.05) is 26.0 Å². The maximum atomic E-state index is 6.56. The van der Waals surface area contributed by atoms with Crippen molar-refractivity contribution in [1.29, 1.82) is 0 Å². The Labute approximate surface area is 133 Å². The molecule has 2 rings (SSSR count). The summed E-state index contributed by atoms with van der Waals surface area (Å²) in [5.41, 5.74) is 3.71. The Balaban J connectivity index is 2.56. The SMILES string of the molecule is Cc1cc(C(Cl)c2c(Cl)cccc2Cl)c(C)cc1Cl. The predicted molar refractivity (Wildman–Crippen MR) is 85.1 cm³/mol. The summed E-state index contributed by atoms with van der Waals surface area (Å²) in [5.74, 6) is 0. The minimum atomic E-state index is -0.392. The van der Waals surface area contributed by atoms with Crippen LogP contribution in [0.1, 0.15) is 27.6 Å². The Morgan fingerprint density at radius 1 is 0.842 bits per heavy atom. The highest BCUT2D eigenvalue weighted by Crippen LogP contribution is 2.40. The predicted octanol–water partition coefficient (Wildman–Crippen LogP) is 6.59. The molecule has 19 heavy (non-hydrogen) atoms. The fraction of sp³-hybridized carbons (Fsp3) is 0.200. The summed E-state index contributed by atoms with van der Waals surface area (Å²) in [6.45, 7) is 3.92. The van der Waals surface area contributed by atoms with Gasteiger partial charge in [-0.2, -0.15) is 0 Å². The van der Waals surface area contributed by atoms with Crippen LogP contribution in [-0.2, 0) is 0 Å². The van der Waals surface area contributed by atoms with Gasteiger partial charge < -0.3 is 0 Å². The fourth-order valence-electron chi connectivity index (χ4n) is 1.98. The third-order valence-corrected chi connectivity index (χ3v) is 4.59. The van der Waals surface area contributed by atoms with Gasteiger partial charge in [-0.3, -0.25) is 0 Å². The molecule has 0 amide bonds. The molecular formula is C15H12Cl4. The highest BCUT2D eigenvalue weighted by atomic mass is 35.5. The van der Waals surface area contributed by atoms with Crippen LogP contribution in [0.15, 0.2) is 30.3 Å². The third-order valence-electron chi connectivity index (χ3n) is 3.07. The number of halogens is 4. The zero-order valence-electron chi connectivity index (χ0n) is 10.5. The third kappa shape index (κ3) is 3.03. The number of benzene rings is 2. The second-order valence-corrected chi connectivity index (χ2v) is 6.11. The standard InChI is InChI=1S/C15H12Cl4/c1-8-7-13(18)9(2)6-10(8)15(19)14-11(16)4-3-5-12(14)17/h3-7,15H,1-2H3. The number of hydrogen-bond acceptors (Lipinski definition) is 0.